The Morgan fingerprint density at radius 3 is 2.25 bits per heavy atom. The first-order valence-electron chi connectivity index (χ1n) is 7.48. The number of para-hydroxylation sites is 1. The van der Waals surface area contributed by atoms with E-state index in [0.29, 0.717) is 16.2 Å². The van der Waals surface area contributed by atoms with Gasteiger partial charge in [-0.05, 0) is 42.9 Å². The Morgan fingerprint density at radius 1 is 0.958 bits per heavy atom. The number of nitrogens with zero attached hydrogens (tertiary/aromatic N) is 3. The second kappa shape index (κ2) is 6.05. The Hall–Kier alpha value is -2.73. The summed E-state index contributed by atoms with van der Waals surface area (Å²) in [5.74, 6) is -0.704. The standard InChI is InChI=1S/C18H17N3O2S/c1-12-8-7-11-14-15(12)17(23)21(16(14)22)20(3)18(24)19(2)13-9-5-4-6-10-13/h4-11H,1-3H3. The first-order chi connectivity index (χ1) is 11.4. The number of thiocarbonyl (C=S) groups is 1. The topological polar surface area (TPSA) is 43.9 Å². The third-order valence-corrected chi connectivity index (χ3v) is 4.65. The van der Waals surface area contributed by atoms with Crippen LogP contribution in [0.3, 0.4) is 0 Å². The van der Waals surface area contributed by atoms with Crippen LogP contribution < -0.4 is 4.90 Å². The number of aryl methyl sites for hydroxylation is 1. The van der Waals surface area contributed by atoms with Crippen molar-refractivity contribution < 1.29 is 9.59 Å². The third kappa shape index (κ3) is 2.45. The summed E-state index contributed by atoms with van der Waals surface area (Å²) in [5, 5.41) is 2.87. The van der Waals surface area contributed by atoms with Crippen LogP contribution in [0.5, 0.6) is 0 Å². The Balaban J connectivity index is 1.90. The summed E-state index contributed by atoms with van der Waals surface area (Å²) in [6.45, 7) is 1.82. The van der Waals surface area contributed by atoms with E-state index >= 15 is 0 Å². The molecule has 0 aromatic heterocycles. The van der Waals surface area contributed by atoms with E-state index in [1.54, 1.807) is 31.1 Å². The van der Waals surface area contributed by atoms with Gasteiger partial charge in [-0.3, -0.25) is 14.6 Å². The zero-order valence-corrected chi connectivity index (χ0v) is 14.5. The normalized spacial score (nSPS) is 13.0. The van der Waals surface area contributed by atoms with E-state index in [1.165, 1.54) is 5.01 Å². The molecule has 0 unspecified atom stereocenters. The fraction of sp³-hybridized carbons (Fsp3) is 0.167. The lowest BCUT2D eigenvalue weighted by molar-refractivity contribution is 0.0363. The Labute approximate surface area is 146 Å². The van der Waals surface area contributed by atoms with Gasteiger partial charge in [0, 0.05) is 19.8 Å². The number of imide groups is 1. The highest BCUT2D eigenvalue weighted by Crippen LogP contribution is 2.27. The second-order valence-electron chi connectivity index (χ2n) is 5.62. The van der Waals surface area contributed by atoms with Crippen LogP contribution in [0.4, 0.5) is 5.69 Å². The summed E-state index contributed by atoms with van der Waals surface area (Å²) in [4.78, 5) is 27.1. The summed E-state index contributed by atoms with van der Waals surface area (Å²) in [7, 11) is 3.43. The molecule has 2 aromatic carbocycles. The van der Waals surface area contributed by atoms with E-state index < -0.39 is 0 Å². The summed E-state index contributed by atoms with van der Waals surface area (Å²) < 4.78 is 0. The molecule has 24 heavy (non-hydrogen) atoms. The molecule has 1 aliphatic rings. The highest BCUT2D eigenvalue weighted by Gasteiger charge is 2.40. The van der Waals surface area contributed by atoms with Crippen molar-refractivity contribution in [1.29, 1.82) is 0 Å². The number of hydrogen-bond acceptors (Lipinski definition) is 3. The molecule has 0 spiro atoms. The molecule has 0 atom stereocenters. The van der Waals surface area contributed by atoms with Crippen molar-refractivity contribution in [1.82, 2.24) is 10.0 Å². The Kier molecular flexibility index (Phi) is 4.07. The average Bonchev–Trinajstić information content (AvgIpc) is 2.86. The molecule has 0 saturated carbocycles. The first-order valence-corrected chi connectivity index (χ1v) is 7.89. The van der Waals surface area contributed by atoms with Gasteiger partial charge < -0.3 is 4.90 Å². The largest absolute Gasteiger partial charge is 0.321 e. The minimum atomic E-state index is -0.356. The lowest BCUT2D eigenvalue weighted by Gasteiger charge is -2.32. The fourth-order valence-electron chi connectivity index (χ4n) is 2.78. The number of rotatable bonds is 2. The predicted octanol–water partition coefficient (Wildman–Crippen LogP) is 2.86. The van der Waals surface area contributed by atoms with E-state index in [4.69, 9.17) is 12.2 Å². The van der Waals surface area contributed by atoms with E-state index in [-0.39, 0.29) is 11.8 Å². The number of carbonyl (C=O) groups excluding carboxylic acids is 2. The summed E-state index contributed by atoms with van der Waals surface area (Å²) in [5.41, 5.74) is 2.52. The highest BCUT2D eigenvalue weighted by atomic mass is 32.1. The first kappa shape index (κ1) is 16.1. The van der Waals surface area contributed by atoms with Crippen LogP contribution in [-0.2, 0) is 0 Å². The van der Waals surface area contributed by atoms with Crippen LogP contribution in [0.2, 0.25) is 0 Å². The molecule has 122 valence electrons. The van der Waals surface area contributed by atoms with Crippen molar-refractivity contribution in [2.24, 2.45) is 0 Å². The molecule has 0 fully saturated rings. The molecule has 0 aliphatic carbocycles. The van der Waals surface area contributed by atoms with Crippen LogP contribution in [0.1, 0.15) is 26.3 Å². The van der Waals surface area contributed by atoms with Crippen LogP contribution in [-0.4, -0.2) is 41.0 Å². The predicted molar refractivity (Wildman–Crippen MR) is 96.9 cm³/mol. The van der Waals surface area contributed by atoms with E-state index in [2.05, 4.69) is 0 Å². The monoisotopic (exact) mass is 339 g/mol. The Bertz CT molecular complexity index is 835. The number of anilines is 1. The summed E-state index contributed by atoms with van der Waals surface area (Å²) in [6, 6.07) is 14.8. The maximum Gasteiger partial charge on any atom is 0.281 e. The van der Waals surface area contributed by atoms with Crippen molar-refractivity contribution in [3.8, 4) is 0 Å². The number of amides is 2. The lowest BCUT2D eigenvalue weighted by Crippen LogP contribution is -2.51. The number of fused-ring (bicyclic) bond motifs is 1. The van der Waals surface area contributed by atoms with Crippen LogP contribution in [0, 0.1) is 6.92 Å². The smallest absolute Gasteiger partial charge is 0.281 e. The molecule has 0 radical (unpaired) electrons. The molecular weight excluding hydrogens is 322 g/mol. The molecule has 2 amide bonds. The van der Waals surface area contributed by atoms with Gasteiger partial charge in [-0.1, -0.05) is 30.3 Å². The summed E-state index contributed by atoms with van der Waals surface area (Å²) >= 11 is 5.47. The number of hydrazine groups is 1. The van der Waals surface area contributed by atoms with Crippen molar-refractivity contribution in [2.45, 2.75) is 6.92 Å². The maximum absolute atomic E-state index is 12.7. The number of benzene rings is 2. The minimum absolute atomic E-state index is 0.348. The van der Waals surface area contributed by atoms with E-state index in [0.717, 1.165) is 16.3 Å². The quantitative estimate of drug-likeness (QED) is 0.622. The maximum atomic E-state index is 12.7. The molecule has 0 bridgehead atoms. The van der Waals surface area contributed by atoms with Crippen molar-refractivity contribution in [2.75, 3.05) is 19.0 Å². The molecule has 5 nitrogen and oxygen atoms in total. The SMILES string of the molecule is Cc1cccc2c1C(=O)N(N(C)C(=S)N(C)c1ccccc1)C2=O. The van der Waals surface area contributed by atoms with Gasteiger partial charge in [0.2, 0.25) is 0 Å². The van der Waals surface area contributed by atoms with Gasteiger partial charge in [-0.25, -0.2) is 0 Å². The average molecular weight is 339 g/mol. The van der Waals surface area contributed by atoms with Gasteiger partial charge in [-0.15, -0.1) is 0 Å². The van der Waals surface area contributed by atoms with Gasteiger partial charge in [-0.2, -0.15) is 5.01 Å². The zero-order valence-electron chi connectivity index (χ0n) is 13.7. The molecule has 2 aromatic rings. The van der Waals surface area contributed by atoms with Crippen molar-refractivity contribution in [3.05, 3.63) is 65.2 Å². The fourth-order valence-corrected chi connectivity index (χ4v) is 2.97. The van der Waals surface area contributed by atoms with Gasteiger partial charge >= 0.3 is 0 Å². The van der Waals surface area contributed by atoms with Gasteiger partial charge in [0.05, 0.1) is 11.1 Å². The third-order valence-electron chi connectivity index (χ3n) is 4.11. The van der Waals surface area contributed by atoms with Crippen LogP contribution >= 0.6 is 12.2 Å². The molecule has 3 rings (SSSR count). The van der Waals surface area contributed by atoms with Crippen molar-refractivity contribution >= 4 is 34.8 Å². The van der Waals surface area contributed by atoms with Gasteiger partial charge in [0.1, 0.15) is 0 Å². The molecular formula is C18H17N3O2S. The molecule has 0 N–H and O–H groups in total. The molecule has 1 aliphatic heterocycles. The summed E-state index contributed by atoms with van der Waals surface area (Å²) in [6.07, 6.45) is 0. The lowest BCUT2D eigenvalue weighted by atomic mass is 10.0. The Morgan fingerprint density at radius 2 is 1.62 bits per heavy atom. The van der Waals surface area contributed by atoms with Crippen molar-refractivity contribution in [3.63, 3.8) is 0 Å². The molecule has 0 saturated heterocycles. The van der Waals surface area contributed by atoms with E-state index in [1.807, 2.05) is 43.3 Å². The molecule has 1 heterocycles. The van der Waals surface area contributed by atoms with Gasteiger partial charge in [0.25, 0.3) is 11.8 Å². The van der Waals surface area contributed by atoms with Gasteiger partial charge in [0.15, 0.2) is 5.11 Å². The second-order valence-corrected chi connectivity index (χ2v) is 5.99. The highest BCUT2D eigenvalue weighted by molar-refractivity contribution is 7.80. The number of hydrogen-bond donors (Lipinski definition) is 0. The van der Waals surface area contributed by atoms with Crippen LogP contribution in [0.15, 0.2) is 48.5 Å². The van der Waals surface area contributed by atoms with E-state index in [9.17, 15) is 9.59 Å². The number of carbonyl (C=O) groups is 2. The van der Waals surface area contributed by atoms with Crippen LogP contribution in [0.25, 0.3) is 0 Å². The zero-order chi connectivity index (χ0) is 17.4. The molecule has 6 heteroatoms. The minimum Gasteiger partial charge on any atom is -0.321 e.